The van der Waals surface area contributed by atoms with Crippen LogP contribution in [0.1, 0.15) is 28.8 Å². The van der Waals surface area contributed by atoms with E-state index in [1.165, 1.54) is 0 Å². The van der Waals surface area contributed by atoms with Gasteiger partial charge in [0.05, 0.1) is 11.7 Å². The third-order valence-electron chi connectivity index (χ3n) is 3.98. The summed E-state index contributed by atoms with van der Waals surface area (Å²) in [5.74, 6) is -0.982. The molecule has 0 spiro atoms. The van der Waals surface area contributed by atoms with Gasteiger partial charge in [-0.25, -0.2) is 9.59 Å². The van der Waals surface area contributed by atoms with Crippen LogP contribution in [0.2, 0.25) is 0 Å². The first-order valence-electron chi connectivity index (χ1n) is 7.18. The van der Waals surface area contributed by atoms with Crippen LogP contribution in [0.25, 0.3) is 0 Å². The molecule has 2 heterocycles. The second-order valence-electron chi connectivity index (χ2n) is 5.37. The number of hydrogen-bond acceptors (Lipinski definition) is 3. The summed E-state index contributed by atoms with van der Waals surface area (Å²) in [6.07, 6.45) is 2.86. The smallest absolute Gasteiger partial charge is 0.335 e. The van der Waals surface area contributed by atoms with Gasteiger partial charge in [-0.05, 0) is 37.0 Å². The molecule has 6 heteroatoms. The van der Waals surface area contributed by atoms with Crippen molar-refractivity contribution in [3.05, 3.63) is 29.3 Å². The third kappa shape index (κ3) is 2.85. The number of carbonyl (C=O) groups is 2. The van der Waals surface area contributed by atoms with Gasteiger partial charge in [0.25, 0.3) is 0 Å². The Balaban J connectivity index is 1.68. The molecular formula is C15H18N2O4. The number of rotatable bonds is 3. The lowest BCUT2D eigenvalue weighted by Gasteiger charge is -2.19. The highest BCUT2D eigenvalue weighted by Gasteiger charge is 2.26. The van der Waals surface area contributed by atoms with Crippen molar-refractivity contribution in [1.29, 1.82) is 0 Å². The molecule has 2 N–H and O–H groups in total. The molecule has 1 unspecified atom stereocenters. The zero-order valence-electron chi connectivity index (χ0n) is 11.7. The predicted molar refractivity (Wildman–Crippen MR) is 76.8 cm³/mol. The number of anilines is 1. The van der Waals surface area contributed by atoms with Gasteiger partial charge >= 0.3 is 12.0 Å². The number of amides is 2. The summed E-state index contributed by atoms with van der Waals surface area (Å²) in [6, 6.07) is 4.74. The maximum Gasteiger partial charge on any atom is 0.335 e. The summed E-state index contributed by atoms with van der Waals surface area (Å²) in [6.45, 7) is 1.84. The van der Waals surface area contributed by atoms with Crippen LogP contribution in [0.5, 0.6) is 0 Å². The Morgan fingerprint density at radius 3 is 3.00 bits per heavy atom. The predicted octanol–water partition coefficient (Wildman–Crippen LogP) is 1.64. The summed E-state index contributed by atoms with van der Waals surface area (Å²) in [5, 5.41) is 11.9. The summed E-state index contributed by atoms with van der Waals surface area (Å²) < 4.78 is 5.48. The van der Waals surface area contributed by atoms with E-state index in [4.69, 9.17) is 9.84 Å². The van der Waals surface area contributed by atoms with Crippen LogP contribution in [0.4, 0.5) is 10.5 Å². The fraction of sp³-hybridized carbons (Fsp3) is 0.467. The molecule has 2 amide bonds. The van der Waals surface area contributed by atoms with Crippen molar-refractivity contribution in [3.8, 4) is 0 Å². The zero-order valence-corrected chi connectivity index (χ0v) is 11.7. The lowest BCUT2D eigenvalue weighted by atomic mass is 10.1. The maximum atomic E-state index is 12.3. The average Bonchev–Trinajstić information content (AvgIpc) is 3.13. The van der Waals surface area contributed by atoms with E-state index in [1.807, 2.05) is 0 Å². The first kappa shape index (κ1) is 13.9. The monoisotopic (exact) mass is 290 g/mol. The largest absolute Gasteiger partial charge is 0.478 e. The fourth-order valence-electron chi connectivity index (χ4n) is 2.83. The molecule has 0 aliphatic carbocycles. The van der Waals surface area contributed by atoms with E-state index < -0.39 is 5.97 Å². The van der Waals surface area contributed by atoms with Gasteiger partial charge in [0, 0.05) is 25.4 Å². The van der Waals surface area contributed by atoms with Gasteiger partial charge in [-0.3, -0.25) is 4.90 Å². The number of hydrogen-bond donors (Lipinski definition) is 2. The number of nitrogens with one attached hydrogen (secondary N) is 1. The molecule has 21 heavy (non-hydrogen) atoms. The Labute approximate surface area is 122 Å². The van der Waals surface area contributed by atoms with Crippen molar-refractivity contribution in [1.82, 2.24) is 5.32 Å². The molecule has 0 aromatic heterocycles. The molecule has 0 bridgehead atoms. The van der Waals surface area contributed by atoms with E-state index in [2.05, 4.69) is 5.32 Å². The molecule has 1 saturated heterocycles. The van der Waals surface area contributed by atoms with Gasteiger partial charge in [-0.2, -0.15) is 0 Å². The molecule has 1 aromatic rings. The summed E-state index contributed by atoms with van der Waals surface area (Å²) in [5.41, 5.74) is 1.90. The van der Waals surface area contributed by atoms with Gasteiger partial charge in [-0.1, -0.05) is 6.07 Å². The van der Waals surface area contributed by atoms with E-state index in [1.54, 1.807) is 23.1 Å². The molecule has 6 nitrogen and oxygen atoms in total. The molecule has 0 saturated carbocycles. The Morgan fingerprint density at radius 1 is 1.43 bits per heavy atom. The van der Waals surface area contributed by atoms with E-state index in [-0.39, 0.29) is 17.7 Å². The molecule has 0 radical (unpaired) electrons. The number of nitrogens with zero attached hydrogens (tertiary/aromatic N) is 1. The third-order valence-corrected chi connectivity index (χ3v) is 3.98. The van der Waals surface area contributed by atoms with Gasteiger partial charge in [-0.15, -0.1) is 0 Å². The highest BCUT2D eigenvalue weighted by molar-refractivity contribution is 5.97. The summed E-state index contributed by atoms with van der Waals surface area (Å²) in [4.78, 5) is 24.9. The van der Waals surface area contributed by atoms with Gasteiger partial charge < -0.3 is 15.2 Å². The number of fused-ring (bicyclic) bond motifs is 1. The van der Waals surface area contributed by atoms with Gasteiger partial charge in [0.1, 0.15) is 0 Å². The van der Waals surface area contributed by atoms with Crippen LogP contribution >= 0.6 is 0 Å². The molecular weight excluding hydrogens is 272 g/mol. The van der Waals surface area contributed by atoms with Crippen molar-refractivity contribution < 1.29 is 19.4 Å². The van der Waals surface area contributed by atoms with E-state index in [9.17, 15) is 9.59 Å². The Hall–Kier alpha value is -2.08. The first-order chi connectivity index (χ1) is 10.1. The number of ether oxygens (including phenoxy) is 1. The standard InChI is InChI=1S/C15H18N2O4/c18-14(19)11-4-3-10-5-6-17(13(10)8-11)15(20)16-9-12-2-1-7-21-12/h3-4,8,12H,1-2,5-7,9H2,(H,16,20)(H,18,19). The minimum absolute atomic E-state index is 0.0985. The number of urea groups is 1. The number of carbonyl (C=O) groups excluding carboxylic acids is 1. The lowest BCUT2D eigenvalue weighted by molar-refractivity contribution is 0.0697. The molecule has 1 atom stereocenters. The molecule has 2 aliphatic rings. The molecule has 2 aliphatic heterocycles. The topological polar surface area (TPSA) is 78.9 Å². The van der Waals surface area contributed by atoms with Crippen molar-refractivity contribution in [2.24, 2.45) is 0 Å². The molecule has 1 fully saturated rings. The van der Waals surface area contributed by atoms with Gasteiger partial charge in [0.15, 0.2) is 0 Å². The number of carboxylic acids is 1. The normalized spacial score (nSPS) is 20.4. The molecule has 112 valence electrons. The quantitative estimate of drug-likeness (QED) is 0.887. The van der Waals surface area contributed by atoms with E-state index in [0.29, 0.717) is 18.8 Å². The zero-order chi connectivity index (χ0) is 14.8. The van der Waals surface area contributed by atoms with Crippen LogP contribution in [0.15, 0.2) is 18.2 Å². The Morgan fingerprint density at radius 2 is 2.29 bits per heavy atom. The van der Waals surface area contributed by atoms with E-state index in [0.717, 1.165) is 31.4 Å². The van der Waals surface area contributed by atoms with Crippen molar-refractivity contribution in [3.63, 3.8) is 0 Å². The highest BCUT2D eigenvalue weighted by Crippen LogP contribution is 2.29. The number of aromatic carboxylic acids is 1. The van der Waals surface area contributed by atoms with Crippen LogP contribution in [0.3, 0.4) is 0 Å². The van der Waals surface area contributed by atoms with E-state index >= 15 is 0 Å². The minimum atomic E-state index is -0.982. The summed E-state index contributed by atoms with van der Waals surface area (Å²) >= 11 is 0. The number of benzene rings is 1. The molecule has 1 aromatic carbocycles. The molecule has 3 rings (SSSR count). The SMILES string of the molecule is O=C(O)c1ccc2c(c1)N(C(=O)NCC1CCCO1)CC2. The minimum Gasteiger partial charge on any atom is -0.478 e. The first-order valence-corrected chi connectivity index (χ1v) is 7.18. The Bertz CT molecular complexity index is 567. The second-order valence-corrected chi connectivity index (χ2v) is 5.37. The van der Waals surface area contributed by atoms with Crippen LogP contribution in [-0.4, -0.2) is 42.9 Å². The van der Waals surface area contributed by atoms with Gasteiger partial charge in [0.2, 0.25) is 0 Å². The highest BCUT2D eigenvalue weighted by atomic mass is 16.5. The fourth-order valence-corrected chi connectivity index (χ4v) is 2.83. The lowest BCUT2D eigenvalue weighted by Crippen LogP contribution is -2.42. The van der Waals surface area contributed by atoms with Crippen LogP contribution in [-0.2, 0) is 11.2 Å². The number of carboxylic acid groups (broad SMARTS) is 1. The van der Waals surface area contributed by atoms with Crippen molar-refractivity contribution in [2.75, 3.05) is 24.6 Å². The van der Waals surface area contributed by atoms with Crippen LogP contribution < -0.4 is 10.2 Å². The maximum absolute atomic E-state index is 12.3. The van der Waals surface area contributed by atoms with Crippen molar-refractivity contribution >= 4 is 17.7 Å². The summed E-state index contributed by atoms with van der Waals surface area (Å²) in [7, 11) is 0. The second kappa shape index (κ2) is 5.73. The van der Waals surface area contributed by atoms with Crippen molar-refractivity contribution in [2.45, 2.75) is 25.4 Å². The Kier molecular flexibility index (Phi) is 3.79. The average molecular weight is 290 g/mol. The van der Waals surface area contributed by atoms with Crippen LogP contribution in [0, 0.1) is 0 Å².